The molecule has 0 bridgehead atoms. The third-order valence-electron chi connectivity index (χ3n) is 2.54. The van der Waals surface area contributed by atoms with Gasteiger partial charge in [0.2, 0.25) is 5.91 Å². The van der Waals surface area contributed by atoms with Crippen molar-refractivity contribution in [3.05, 3.63) is 17.0 Å². The second-order valence-electron chi connectivity index (χ2n) is 3.97. The van der Waals surface area contributed by atoms with Gasteiger partial charge in [-0.1, -0.05) is 5.16 Å². The maximum Gasteiger partial charge on any atom is 0.332 e. The molecule has 0 aliphatic rings. The zero-order valence-corrected chi connectivity index (χ0v) is 10.3. The van der Waals surface area contributed by atoms with Crippen molar-refractivity contribution in [3.8, 4) is 0 Å². The Morgan fingerprint density at radius 1 is 1.44 bits per heavy atom. The second-order valence-corrected chi connectivity index (χ2v) is 3.97. The smallest absolute Gasteiger partial charge is 0.332 e. The molecular weight excluding hydrogens is 240 g/mol. The molecule has 0 radical (unpaired) electrons. The van der Waals surface area contributed by atoms with E-state index in [1.165, 1.54) is 0 Å². The molecule has 0 unspecified atom stereocenters. The van der Waals surface area contributed by atoms with E-state index >= 15 is 0 Å². The number of aliphatic carboxylic acids is 1. The van der Waals surface area contributed by atoms with Gasteiger partial charge in [-0.2, -0.15) is 0 Å². The number of aryl methyl sites for hydroxylation is 2. The first kappa shape index (κ1) is 14.2. The predicted molar refractivity (Wildman–Crippen MR) is 61.0 cm³/mol. The number of aromatic nitrogens is 1. The summed E-state index contributed by atoms with van der Waals surface area (Å²) in [6, 6.07) is 0. The lowest BCUT2D eigenvalue weighted by Gasteiger charge is -2.07. The largest absolute Gasteiger partial charge is 0.479 e. The number of nitrogens with zero attached hydrogens (tertiary/aromatic N) is 1. The van der Waals surface area contributed by atoms with Gasteiger partial charge in [-0.05, 0) is 13.8 Å². The number of carbonyl (C=O) groups excluding carboxylic acids is 1. The first-order valence-corrected chi connectivity index (χ1v) is 5.51. The number of carbonyl (C=O) groups is 2. The molecule has 7 heteroatoms. The molecule has 0 saturated carbocycles. The van der Waals surface area contributed by atoms with Gasteiger partial charge in [-0.25, -0.2) is 4.79 Å². The topological polar surface area (TPSA) is 113 Å². The zero-order valence-electron chi connectivity index (χ0n) is 10.3. The van der Waals surface area contributed by atoms with Crippen LogP contribution in [0.3, 0.4) is 0 Å². The minimum absolute atomic E-state index is 0.0251. The molecule has 1 atom stereocenters. The van der Waals surface area contributed by atoms with E-state index in [0.717, 1.165) is 5.56 Å². The molecule has 1 amide bonds. The number of aliphatic hydroxyl groups excluding tert-OH is 1. The SMILES string of the molecule is Cc1noc(C)c1CC(=O)NCC[C@H](O)C(=O)O. The van der Waals surface area contributed by atoms with Crippen LogP contribution in [0.2, 0.25) is 0 Å². The Hall–Kier alpha value is -1.89. The fourth-order valence-electron chi connectivity index (χ4n) is 1.45. The van der Waals surface area contributed by atoms with Crippen molar-refractivity contribution >= 4 is 11.9 Å². The zero-order chi connectivity index (χ0) is 13.7. The van der Waals surface area contributed by atoms with Crippen molar-refractivity contribution in [2.24, 2.45) is 0 Å². The Balaban J connectivity index is 2.37. The molecule has 1 aromatic rings. The molecule has 1 aromatic heterocycles. The van der Waals surface area contributed by atoms with Crippen molar-refractivity contribution in [2.45, 2.75) is 32.8 Å². The van der Waals surface area contributed by atoms with Gasteiger partial charge >= 0.3 is 5.97 Å². The minimum Gasteiger partial charge on any atom is -0.479 e. The van der Waals surface area contributed by atoms with E-state index in [0.29, 0.717) is 11.5 Å². The minimum atomic E-state index is -1.45. The average molecular weight is 256 g/mol. The molecule has 7 nitrogen and oxygen atoms in total. The maximum atomic E-state index is 11.6. The summed E-state index contributed by atoms with van der Waals surface area (Å²) in [6.45, 7) is 3.57. The van der Waals surface area contributed by atoms with E-state index in [1.54, 1.807) is 13.8 Å². The Morgan fingerprint density at radius 2 is 2.11 bits per heavy atom. The number of amides is 1. The molecule has 0 aliphatic heterocycles. The Bertz CT molecular complexity index is 421. The average Bonchev–Trinajstić information content (AvgIpc) is 2.60. The number of hydrogen-bond donors (Lipinski definition) is 3. The number of carboxylic acids is 1. The van der Waals surface area contributed by atoms with Gasteiger partial charge in [0.25, 0.3) is 0 Å². The van der Waals surface area contributed by atoms with Crippen molar-refractivity contribution in [1.82, 2.24) is 10.5 Å². The number of nitrogens with one attached hydrogen (secondary N) is 1. The highest BCUT2D eigenvalue weighted by molar-refractivity contribution is 5.79. The molecule has 0 aliphatic carbocycles. The third-order valence-corrected chi connectivity index (χ3v) is 2.54. The fraction of sp³-hybridized carbons (Fsp3) is 0.545. The summed E-state index contributed by atoms with van der Waals surface area (Å²) in [7, 11) is 0. The second kappa shape index (κ2) is 6.15. The quantitative estimate of drug-likeness (QED) is 0.649. The highest BCUT2D eigenvalue weighted by Gasteiger charge is 2.15. The lowest BCUT2D eigenvalue weighted by Crippen LogP contribution is -2.31. The van der Waals surface area contributed by atoms with Crippen LogP contribution < -0.4 is 5.32 Å². The summed E-state index contributed by atoms with van der Waals surface area (Å²) in [5, 5.41) is 23.7. The predicted octanol–water partition coefficient (Wildman–Crippen LogP) is -0.214. The highest BCUT2D eigenvalue weighted by Crippen LogP contribution is 2.12. The van der Waals surface area contributed by atoms with Crippen molar-refractivity contribution in [2.75, 3.05) is 6.54 Å². The van der Waals surface area contributed by atoms with Gasteiger partial charge in [0.15, 0.2) is 6.10 Å². The molecule has 1 heterocycles. The molecule has 0 aromatic carbocycles. The van der Waals surface area contributed by atoms with Gasteiger partial charge < -0.3 is 20.1 Å². The van der Waals surface area contributed by atoms with Gasteiger partial charge in [-0.3, -0.25) is 4.79 Å². The van der Waals surface area contributed by atoms with E-state index < -0.39 is 12.1 Å². The van der Waals surface area contributed by atoms with Crippen molar-refractivity contribution in [3.63, 3.8) is 0 Å². The molecule has 0 saturated heterocycles. The lowest BCUT2D eigenvalue weighted by atomic mass is 10.1. The Kier molecular flexibility index (Phi) is 4.85. The Labute approximate surface area is 104 Å². The number of carboxylic acid groups (broad SMARTS) is 1. The standard InChI is InChI=1S/C11H16N2O5/c1-6-8(7(2)18-13-6)5-10(15)12-4-3-9(14)11(16)17/h9,14H,3-5H2,1-2H3,(H,12,15)(H,16,17)/t9-/m0/s1. The number of hydrogen-bond acceptors (Lipinski definition) is 5. The van der Waals surface area contributed by atoms with E-state index in [2.05, 4.69) is 10.5 Å². The number of rotatable bonds is 6. The van der Waals surface area contributed by atoms with E-state index in [-0.39, 0.29) is 25.3 Å². The lowest BCUT2D eigenvalue weighted by molar-refractivity contribution is -0.147. The molecule has 1 rings (SSSR count). The first-order valence-electron chi connectivity index (χ1n) is 5.51. The van der Waals surface area contributed by atoms with Crippen LogP contribution in [0.5, 0.6) is 0 Å². The molecule has 0 fully saturated rings. The van der Waals surface area contributed by atoms with Crippen molar-refractivity contribution < 1.29 is 24.3 Å². The Morgan fingerprint density at radius 3 is 2.61 bits per heavy atom. The first-order chi connectivity index (χ1) is 8.41. The summed E-state index contributed by atoms with van der Waals surface area (Å²) in [6.07, 6.45) is -1.35. The highest BCUT2D eigenvalue weighted by atomic mass is 16.5. The van der Waals surface area contributed by atoms with Gasteiger partial charge in [0.05, 0.1) is 12.1 Å². The molecule has 3 N–H and O–H groups in total. The van der Waals surface area contributed by atoms with Crippen LogP contribution in [-0.4, -0.2) is 39.9 Å². The van der Waals surface area contributed by atoms with Crippen LogP contribution in [0.25, 0.3) is 0 Å². The van der Waals surface area contributed by atoms with Gasteiger partial charge in [-0.15, -0.1) is 0 Å². The van der Waals surface area contributed by atoms with Crippen LogP contribution in [0.1, 0.15) is 23.4 Å². The summed E-state index contributed by atoms with van der Waals surface area (Å²) in [4.78, 5) is 21.9. The third kappa shape index (κ3) is 3.85. The molecule has 100 valence electrons. The summed E-state index contributed by atoms with van der Waals surface area (Å²) in [5.74, 6) is -0.967. The van der Waals surface area contributed by atoms with Gasteiger partial charge in [0.1, 0.15) is 5.76 Å². The monoisotopic (exact) mass is 256 g/mol. The van der Waals surface area contributed by atoms with Crippen LogP contribution in [-0.2, 0) is 16.0 Å². The molecule has 0 spiro atoms. The fourth-order valence-corrected chi connectivity index (χ4v) is 1.45. The summed E-state index contributed by atoms with van der Waals surface area (Å²) in [5.41, 5.74) is 1.39. The van der Waals surface area contributed by atoms with Crippen LogP contribution in [0.15, 0.2) is 4.52 Å². The molecular formula is C11H16N2O5. The van der Waals surface area contributed by atoms with Crippen molar-refractivity contribution in [1.29, 1.82) is 0 Å². The summed E-state index contributed by atoms with van der Waals surface area (Å²) >= 11 is 0. The van der Waals surface area contributed by atoms with Crippen LogP contribution in [0.4, 0.5) is 0 Å². The number of aliphatic hydroxyl groups is 1. The summed E-state index contributed by atoms with van der Waals surface area (Å²) < 4.78 is 4.92. The van der Waals surface area contributed by atoms with Gasteiger partial charge in [0, 0.05) is 18.5 Å². The van der Waals surface area contributed by atoms with E-state index in [9.17, 15) is 9.59 Å². The van der Waals surface area contributed by atoms with E-state index in [4.69, 9.17) is 14.7 Å². The van der Waals surface area contributed by atoms with Crippen LogP contribution in [0, 0.1) is 13.8 Å². The molecule has 18 heavy (non-hydrogen) atoms. The van der Waals surface area contributed by atoms with E-state index in [1.807, 2.05) is 0 Å². The normalized spacial score (nSPS) is 12.2. The maximum absolute atomic E-state index is 11.6. The van der Waals surface area contributed by atoms with Crippen LogP contribution >= 0.6 is 0 Å².